The molecule has 0 bridgehead atoms. The SMILES string of the molecule is O=C1COc2c(Cl)cc(-c3cc(C(F)(F)F)nn3-c3ccc(F)cc3)cc2N1. The number of nitrogens with one attached hydrogen (secondary N) is 1. The van der Waals surface area contributed by atoms with E-state index in [2.05, 4.69) is 10.4 Å². The van der Waals surface area contributed by atoms with Crippen LogP contribution in [0.1, 0.15) is 5.69 Å². The predicted octanol–water partition coefficient (Wildman–Crippen LogP) is 4.68. The summed E-state index contributed by atoms with van der Waals surface area (Å²) in [5.41, 5.74) is -0.341. The molecule has 4 rings (SSSR count). The maximum atomic E-state index is 13.2. The van der Waals surface area contributed by atoms with Crippen LogP contribution in [0.5, 0.6) is 5.75 Å². The molecule has 0 spiro atoms. The molecule has 0 aliphatic carbocycles. The molecule has 1 N–H and O–H groups in total. The van der Waals surface area contributed by atoms with Crippen molar-refractivity contribution < 1.29 is 27.1 Å². The lowest BCUT2D eigenvalue weighted by Crippen LogP contribution is -2.25. The Morgan fingerprint density at radius 1 is 1.14 bits per heavy atom. The highest BCUT2D eigenvalue weighted by Crippen LogP contribution is 2.41. The van der Waals surface area contributed by atoms with E-state index in [1.165, 1.54) is 24.3 Å². The number of hydrogen-bond donors (Lipinski definition) is 1. The minimum atomic E-state index is -4.69. The maximum Gasteiger partial charge on any atom is 0.435 e. The van der Waals surface area contributed by atoms with Gasteiger partial charge in [0.1, 0.15) is 5.82 Å². The van der Waals surface area contributed by atoms with Crippen molar-refractivity contribution in [2.24, 2.45) is 0 Å². The van der Waals surface area contributed by atoms with Crippen LogP contribution in [0.15, 0.2) is 42.5 Å². The number of carbonyl (C=O) groups excluding carboxylic acids is 1. The minimum Gasteiger partial charge on any atom is -0.480 e. The molecule has 0 saturated heterocycles. The van der Waals surface area contributed by atoms with E-state index in [4.69, 9.17) is 16.3 Å². The number of rotatable bonds is 2. The zero-order valence-electron chi connectivity index (χ0n) is 13.8. The molecular weight excluding hydrogens is 402 g/mol. The van der Waals surface area contributed by atoms with Gasteiger partial charge in [-0.05, 0) is 42.5 Å². The van der Waals surface area contributed by atoms with Crippen LogP contribution in [0.25, 0.3) is 16.9 Å². The molecule has 0 saturated carbocycles. The summed E-state index contributed by atoms with van der Waals surface area (Å²) >= 11 is 6.18. The summed E-state index contributed by atoms with van der Waals surface area (Å²) in [6.07, 6.45) is -4.69. The lowest BCUT2D eigenvalue weighted by molar-refractivity contribution is -0.141. The van der Waals surface area contributed by atoms with Crippen molar-refractivity contribution in [2.45, 2.75) is 6.18 Å². The fraction of sp³-hybridized carbons (Fsp3) is 0.111. The summed E-state index contributed by atoms with van der Waals surface area (Å²) in [5, 5.41) is 6.31. The van der Waals surface area contributed by atoms with Crippen molar-refractivity contribution >= 4 is 23.2 Å². The minimum absolute atomic E-state index is 0.0588. The van der Waals surface area contributed by atoms with Crippen LogP contribution in [0.3, 0.4) is 0 Å². The third kappa shape index (κ3) is 3.29. The van der Waals surface area contributed by atoms with E-state index in [-0.39, 0.29) is 40.0 Å². The standard InChI is InChI=1S/C18H10ClF4N3O2/c19-12-5-9(6-13-17(12)28-8-16(27)24-13)14-7-15(18(21,22)23)25-26(14)11-3-1-10(20)2-4-11/h1-7H,8H2,(H,24,27). The number of hydrogen-bond acceptors (Lipinski definition) is 3. The average Bonchev–Trinajstić information content (AvgIpc) is 3.07. The van der Waals surface area contributed by atoms with Crippen molar-refractivity contribution in [3.8, 4) is 22.7 Å². The molecular formula is C18H10ClF4N3O2. The zero-order chi connectivity index (χ0) is 20.1. The molecule has 10 heteroatoms. The van der Waals surface area contributed by atoms with Gasteiger partial charge in [0.05, 0.1) is 22.1 Å². The van der Waals surface area contributed by atoms with Gasteiger partial charge in [-0.2, -0.15) is 18.3 Å². The zero-order valence-corrected chi connectivity index (χ0v) is 14.6. The summed E-state index contributed by atoms with van der Waals surface area (Å²) in [5.74, 6) is -0.720. The van der Waals surface area contributed by atoms with Gasteiger partial charge >= 0.3 is 6.18 Å². The number of alkyl halides is 3. The number of amides is 1. The third-order valence-corrected chi connectivity index (χ3v) is 4.31. The van der Waals surface area contributed by atoms with Gasteiger partial charge in [0, 0.05) is 5.56 Å². The van der Waals surface area contributed by atoms with Crippen LogP contribution >= 0.6 is 11.6 Å². The molecule has 144 valence electrons. The molecule has 2 aromatic carbocycles. The highest BCUT2D eigenvalue weighted by molar-refractivity contribution is 6.33. The summed E-state index contributed by atoms with van der Waals surface area (Å²) < 4.78 is 59.2. The van der Waals surface area contributed by atoms with Crippen molar-refractivity contribution in [2.75, 3.05) is 11.9 Å². The second-order valence-electron chi connectivity index (χ2n) is 5.97. The first-order valence-corrected chi connectivity index (χ1v) is 8.30. The van der Waals surface area contributed by atoms with Crippen LogP contribution in [0.2, 0.25) is 5.02 Å². The topological polar surface area (TPSA) is 56.1 Å². The molecule has 3 aromatic rings. The number of nitrogens with zero attached hydrogens (tertiary/aromatic N) is 2. The highest BCUT2D eigenvalue weighted by Gasteiger charge is 2.35. The van der Waals surface area contributed by atoms with E-state index < -0.39 is 23.6 Å². The van der Waals surface area contributed by atoms with E-state index in [0.29, 0.717) is 0 Å². The first kappa shape index (κ1) is 18.3. The Labute approximate surface area is 160 Å². The van der Waals surface area contributed by atoms with E-state index in [1.807, 2.05) is 0 Å². The molecule has 1 aliphatic rings. The number of carbonyl (C=O) groups is 1. The van der Waals surface area contributed by atoms with Gasteiger partial charge in [-0.3, -0.25) is 4.79 Å². The van der Waals surface area contributed by atoms with E-state index in [1.54, 1.807) is 0 Å². The van der Waals surface area contributed by atoms with Crippen molar-refractivity contribution in [3.05, 3.63) is 59.0 Å². The Hall–Kier alpha value is -3.07. The predicted molar refractivity (Wildman–Crippen MR) is 93.1 cm³/mol. The lowest BCUT2D eigenvalue weighted by atomic mass is 10.1. The van der Waals surface area contributed by atoms with Crippen LogP contribution in [0.4, 0.5) is 23.2 Å². The van der Waals surface area contributed by atoms with Crippen LogP contribution in [-0.4, -0.2) is 22.3 Å². The van der Waals surface area contributed by atoms with Crippen molar-refractivity contribution in [1.29, 1.82) is 0 Å². The van der Waals surface area contributed by atoms with E-state index >= 15 is 0 Å². The Bertz CT molecular complexity index is 1080. The largest absolute Gasteiger partial charge is 0.480 e. The molecule has 2 heterocycles. The van der Waals surface area contributed by atoms with E-state index in [0.717, 1.165) is 22.9 Å². The Balaban J connectivity index is 1.91. The fourth-order valence-corrected chi connectivity index (χ4v) is 3.08. The Morgan fingerprint density at radius 2 is 1.86 bits per heavy atom. The second-order valence-corrected chi connectivity index (χ2v) is 6.38. The second kappa shape index (κ2) is 6.52. The summed E-state index contributed by atoms with van der Waals surface area (Å²) in [7, 11) is 0. The van der Waals surface area contributed by atoms with E-state index in [9.17, 15) is 22.4 Å². The maximum absolute atomic E-state index is 13.2. The van der Waals surface area contributed by atoms with Crippen molar-refractivity contribution in [1.82, 2.24) is 9.78 Å². The summed E-state index contributed by atoms with van der Waals surface area (Å²) in [4.78, 5) is 11.6. The van der Waals surface area contributed by atoms with Gasteiger partial charge in [-0.1, -0.05) is 11.6 Å². The van der Waals surface area contributed by atoms with Gasteiger partial charge in [0.15, 0.2) is 18.1 Å². The monoisotopic (exact) mass is 411 g/mol. The lowest BCUT2D eigenvalue weighted by Gasteiger charge is -2.20. The average molecular weight is 412 g/mol. The number of aromatic nitrogens is 2. The number of halogens is 5. The van der Waals surface area contributed by atoms with Gasteiger partial charge in [-0.25, -0.2) is 9.07 Å². The molecule has 0 radical (unpaired) electrons. The first-order chi connectivity index (χ1) is 13.2. The van der Waals surface area contributed by atoms with Gasteiger partial charge < -0.3 is 10.1 Å². The Kier molecular flexibility index (Phi) is 4.26. The van der Waals surface area contributed by atoms with Crippen LogP contribution in [0, 0.1) is 5.82 Å². The summed E-state index contributed by atoms with van der Waals surface area (Å²) in [6, 6.07) is 8.54. The fourth-order valence-electron chi connectivity index (χ4n) is 2.81. The Morgan fingerprint density at radius 3 is 2.54 bits per heavy atom. The number of anilines is 1. The number of fused-ring (bicyclic) bond motifs is 1. The van der Waals surface area contributed by atoms with Gasteiger partial charge in [0.25, 0.3) is 5.91 Å². The van der Waals surface area contributed by atoms with Crippen LogP contribution in [-0.2, 0) is 11.0 Å². The first-order valence-electron chi connectivity index (χ1n) is 7.92. The van der Waals surface area contributed by atoms with Crippen molar-refractivity contribution in [3.63, 3.8) is 0 Å². The number of benzene rings is 2. The molecule has 0 unspecified atom stereocenters. The highest BCUT2D eigenvalue weighted by atomic mass is 35.5. The third-order valence-electron chi connectivity index (χ3n) is 4.03. The summed E-state index contributed by atoms with van der Waals surface area (Å²) in [6.45, 7) is -0.211. The molecule has 0 fully saturated rings. The van der Waals surface area contributed by atoms with Gasteiger partial charge in [-0.15, -0.1) is 0 Å². The normalized spacial score (nSPS) is 13.7. The molecule has 1 aromatic heterocycles. The smallest absolute Gasteiger partial charge is 0.435 e. The molecule has 5 nitrogen and oxygen atoms in total. The molecule has 1 aliphatic heterocycles. The molecule has 28 heavy (non-hydrogen) atoms. The molecule has 0 atom stereocenters. The van der Waals surface area contributed by atoms with Crippen LogP contribution < -0.4 is 10.1 Å². The molecule has 1 amide bonds. The van der Waals surface area contributed by atoms with Gasteiger partial charge in [0.2, 0.25) is 0 Å². The quantitative estimate of drug-likeness (QED) is 0.623. The number of ether oxygens (including phenoxy) is 1.